The van der Waals surface area contributed by atoms with Crippen LogP contribution in [0, 0.1) is 0 Å². The molecule has 11 heteroatoms. The standard InChI is InChI=1S/C17H24N4O7/c1-9(22)15(17(28)20-7-13(24)19-8-14(25)26)21-16(27)12(18)6-10-2-4-11(23)5-3-10/h2-5,9,12,15,22-23H,6-8,18H2,1H3,(H,19,24)(H,20,28)(H,21,27)(H,25,26). The van der Waals surface area contributed by atoms with Crippen molar-refractivity contribution in [2.75, 3.05) is 13.1 Å². The molecule has 1 rings (SSSR count). The van der Waals surface area contributed by atoms with Gasteiger partial charge in [0, 0.05) is 0 Å². The summed E-state index contributed by atoms with van der Waals surface area (Å²) >= 11 is 0. The van der Waals surface area contributed by atoms with Crippen LogP contribution in [0.15, 0.2) is 24.3 Å². The van der Waals surface area contributed by atoms with E-state index in [1.807, 2.05) is 0 Å². The Bertz CT molecular complexity index is 706. The van der Waals surface area contributed by atoms with Crippen LogP contribution in [0.5, 0.6) is 5.75 Å². The number of aliphatic hydroxyl groups excluding tert-OH is 1. The van der Waals surface area contributed by atoms with E-state index in [9.17, 15) is 29.4 Å². The van der Waals surface area contributed by atoms with Gasteiger partial charge in [0.05, 0.1) is 18.7 Å². The van der Waals surface area contributed by atoms with Crippen LogP contribution in [0.1, 0.15) is 12.5 Å². The summed E-state index contributed by atoms with van der Waals surface area (Å²) in [7, 11) is 0. The third-order valence-electron chi connectivity index (χ3n) is 3.65. The number of carboxylic acids is 1. The predicted octanol–water partition coefficient (Wildman–Crippen LogP) is -2.56. The fraction of sp³-hybridized carbons (Fsp3) is 0.412. The molecule has 154 valence electrons. The molecule has 0 saturated carbocycles. The Morgan fingerprint density at radius 1 is 1.04 bits per heavy atom. The number of hydrogen-bond donors (Lipinski definition) is 7. The van der Waals surface area contributed by atoms with E-state index in [0.717, 1.165) is 0 Å². The average Bonchev–Trinajstić information content (AvgIpc) is 2.63. The summed E-state index contributed by atoms with van der Waals surface area (Å²) in [4.78, 5) is 46.1. The van der Waals surface area contributed by atoms with Gasteiger partial charge in [0.2, 0.25) is 17.7 Å². The monoisotopic (exact) mass is 396 g/mol. The zero-order valence-corrected chi connectivity index (χ0v) is 15.2. The average molecular weight is 396 g/mol. The lowest BCUT2D eigenvalue weighted by Gasteiger charge is -2.22. The minimum absolute atomic E-state index is 0.0694. The first-order valence-electron chi connectivity index (χ1n) is 8.38. The van der Waals surface area contributed by atoms with Crippen molar-refractivity contribution < 1.29 is 34.5 Å². The smallest absolute Gasteiger partial charge is 0.322 e. The van der Waals surface area contributed by atoms with Gasteiger partial charge in [-0.3, -0.25) is 19.2 Å². The van der Waals surface area contributed by atoms with Gasteiger partial charge < -0.3 is 37.0 Å². The van der Waals surface area contributed by atoms with Gasteiger partial charge in [-0.2, -0.15) is 0 Å². The first-order chi connectivity index (χ1) is 13.1. The van der Waals surface area contributed by atoms with Gasteiger partial charge in [0.15, 0.2) is 0 Å². The highest BCUT2D eigenvalue weighted by Gasteiger charge is 2.28. The number of rotatable bonds is 10. The minimum atomic E-state index is -1.36. The Labute approximate surface area is 160 Å². The van der Waals surface area contributed by atoms with Crippen LogP contribution in [0.3, 0.4) is 0 Å². The molecule has 8 N–H and O–H groups in total. The molecule has 3 amide bonds. The molecule has 0 radical (unpaired) electrons. The molecule has 0 aliphatic carbocycles. The van der Waals surface area contributed by atoms with Gasteiger partial charge in [0.25, 0.3) is 0 Å². The maximum atomic E-state index is 12.2. The summed E-state index contributed by atoms with van der Waals surface area (Å²) in [5.74, 6) is -3.43. The Kier molecular flexibility index (Phi) is 8.85. The summed E-state index contributed by atoms with van der Waals surface area (Å²) in [6.07, 6.45) is -1.13. The zero-order valence-electron chi connectivity index (χ0n) is 15.2. The van der Waals surface area contributed by atoms with E-state index in [4.69, 9.17) is 10.8 Å². The highest BCUT2D eigenvalue weighted by Crippen LogP contribution is 2.11. The van der Waals surface area contributed by atoms with Gasteiger partial charge in [0.1, 0.15) is 18.3 Å². The molecule has 11 nitrogen and oxygen atoms in total. The van der Waals surface area contributed by atoms with E-state index >= 15 is 0 Å². The van der Waals surface area contributed by atoms with Crippen molar-refractivity contribution in [3.63, 3.8) is 0 Å². The third kappa shape index (κ3) is 8.01. The number of phenols is 1. The SMILES string of the molecule is CC(O)C(NC(=O)C(N)Cc1ccc(O)cc1)C(=O)NCC(=O)NCC(=O)O. The Morgan fingerprint density at radius 3 is 2.18 bits per heavy atom. The molecule has 0 heterocycles. The number of carbonyl (C=O) groups excluding carboxylic acids is 3. The maximum absolute atomic E-state index is 12.2. The number of carbonyl (C=O) groups is 4. The van der Waals surface area contributed by atoms with Crippen LogP contribution in [0.4, 0.5) is 0 Å². The van der Waals surface area contributed by atoms with E-state index in [0.29, 0.717) is 5.56 Å². The second-order valence-electron chi connectivity index (χ2n) is 6.09. The molecule has 0 saturated heterocycles. The second kappa shape index (κ2) is 10.8. The molecule has 1 aromatic carbocycles. The van der Waals surface area contributed by atoms with Crippen LogP contribution >= 0.6 is 0 Å². The van der Waals surface area contributed by atoms with E-state index in [1.165, 1.54) is 19.1 Å². The molecule has 0 spiro atoms. The number of hydrogen-bond acceptors (Lipinski definition) is 7. The number of benzene rings is 1. The van der Waals surface area contributed by atoms with Crippen LogP contribution < -0.4 is 21.7 Å². The molecule has 1 aromatic rings. The molecule has 0 aliphatic heterocycles. The van der Waals surface area contributed by atoms with E-state index in [2.05, 4.69) is 16.0 Å². The zero-order chi connectivity index (χ0) is 21.3. The molecular formula is C17H24N4O7. The Morgan fingerprint density at radius 2 is 1.64 bits per heavy atom. The first kappa shape index (κ1) is 22.9. The molecule has 0 fully saturated rings. The van der Waals surface area contributed by atoms with Gasteiger partial charge in [-0.25, -0.2) is 0 Å². The molecule has 0 aliphatic rings. The number of carboxylic acid groups (broad SMARTS) is 1. The van der Waals surface area contributed by atoms with Crippen LogP contribution in [0.25, 0.3) is 0 Å². The quantitative estimate of drug-likeness (QED) is 0.225. The maximum Gasteiger partial charge on any atom is 0.322 e. The number of phenolic OH excluding ortho intramolecular Hbond substituents is 1. The van der Waals surface area contributed by atoms with Gasteiger partial charge in [-0.15, -0.1) is 0 Å². The highest BCUT2D eigenvalue weighted by atomic mass is 16.4. The minimum Gasteiger partial charge on any atom is -0.508 e. The third-order valence-corrected chi connectivity index (χ3v) is 3.65. The summed E-state index contributed by atoms with van der Waals surface area (Å²) in [6, 6.07) is 3.71. The lowest BCUT2D eigenvalue weighted by molar-refractivity contribution is -0.138. The predicted molar refractivity (Wildman–Crippen MR) is 97.1 cm³/mol. The fourth-order valence-corrected chi connectivity index (χ4v) is 2.16. The van der Waals surface area contributed by atoms with Gasteiger partial charge in [-0.1, -0.05) is 12.1 Å². The van der Waals surface area contributed by atoms with E-state index in [1.54, 1.807) is 12.1 Å². The van der Waals surface area contributed by atoms with Crippen molar-refractivity contribution in [1.29, 1.82) is 0 Å². The molecule has 28 heavy (non-hydrogen) atoms. The Balaban J connectivity index is 2.58. The lowest BCUT2D eigenvalue weighted by atomic mass is 10.0. The second-order valence-corrected chi connectivity index (χ2v) is 6.09. The van der Waals surface area contributed by atoms with E-state index < -0.39 is 55.0 Å². The number of aliphatic hydroxyl groups is 1. The van der Waals surface area contributed by atoms with Crippen molar-refractivity contribution in [3.05, 3.63) is 29.8 Å². The lowest BCUT2D eigenvalue weighted by Crippen LogP contribution is -2.57. The van der Waals surface area contributed by atoms with Crippen LogP contribution in [0.2, 0.25) is 0 Å². The normalized spacial score (nSPS) is 13.7. The van der Waals surface area contributed by atoms with Crippen molar-refractivity contribution in [1.82, 2.24) is 16.0 Å². The number of nitrogens with one attached hydrogen (secondary N) is 3. The first-order valence-corrected chi connectivity index (χ1v) is 8.38. The van der Waals surface area contributed by atoms with Crippen LogP contribution in [-0.4, -0.2) is 70.3 Å². The summed E-state index contributed by atoms with van der Waals surface area (Å²) < 4.78 is 0. The number of aliphatic carboxylic acids is 1. The Hall–Kier alpha value is -3.18. The van der Waals surface area contributed by atoms with Gasteiger partial charge in [-0.05, 0) is 31.0 Å². The number of amides is 3. The summed E-state index contributed by atoms with van der Waals surface area (Å²) in [5, 5.41) is 34.0. The van der Waals surface area contributed by atoms with Gasteiger partial charge >= 0.3 is 5.97 Å². The van der Waals surface area contributed by atoms with Crippen molar-refractivity contribution in [2.45, 2.75) is 31.5 Å². The topological polar surface area (TPSA) is 191 Å². The summed E-state index contributed by atoms with van der Waals surface area (Å²) in [6.45, 7) is 0.155. The largest absolute Gasteiger partial charge is 0.508 e. The molecule has 3 unspecified atom stereocenters. The molecule has 3 atom stereocenters. The van der Waals surface area contributed by atoms with Crippen molar-refractivity contribution >= 4 is 23.7 Å². The highest BCUT2D eigenvalue weighted by molar-refractivity contribution is 5.92. The summed E-state index contributed by atoms with van der Waals surface area (Å²) in [5.41, 5.74) is 6.51. The number of nitrogens with two attached hydrogens (primary N) is 1. The molecule has 0 bridgehead atoms. The van der Waals surface area contributed by atoms with Crippen LogP contribution in [-0.2, 0) is 25.6 Å². The van der Waals surface area contributed by atoms with Crippen molar-refractivity contribution in [2.24, 2.45) is 5.73 Å². The molecule has 0 aromatic heterocycles. The van der Waals surface area contributed by atoms with Crippen molar-refractivity contribution in [3.8, 4) is 5.75 Å². The molecular weight excluding hydrogens is 372 g/mol. The fourth-order valence-electron chi connectivity index (χ4n) is 2.16. The number of aromatic hydroxyl groups is 1. The van der Waals surface area contributed by atoms with E-state index in [-0.39, 0.29) is 12.2 Å².